The highest BCUT2D eigenvalue weighted by Crippen LogP contribution is 2.31. The van der Waals surface area contributed by atoms with Crippen molar-refractivity contribution in [3.8, 4) is 0 Å². The second-order valence-electron chi connectivity index (χ2n) is 8.00. The quantitative estimate of drug-likeness (QED) is 0.612. The van der Waals surface area contributed by atoms with E-state index in [2.05, 4.69) is 55.1 Å². The van der Waals surface area contributed by atoms with Crippen LogP contribution in [0.15, 0.2) is 60.7 Å². The largest absolute Gasteiger partial charge is 0.309 e. The van der Waals surface area contributed by atoms with Crippen LogP contribution in [0, 0.1) is 11.8 Å². The predicted octanol–water partition coefficient (Wildman–Crippen LogP) is 5.87. The number of amides is 1. The van der Waals surface area contributed by atoms with Gasteiger partial charge < -0.3 is 4.90 Å². The average Bonchev–Trinajstić information content (AvgIpc) is 3.17. The van der Waals surface area contributed by atoms with Crippen LogP contribution in [0.4, 0.5) is 5.69 Å². The number of carbonyl (C=O) groups is 1. The minimum atomic E-state index is 0.0400. The summed E-state index contributed by atoms with van der Waals surface area (Å²) in [5, 5.41) is 0. The molecule has 3 rings (SSSR count). The van der Waals surface area contributed by atoms with Crippen LogP contribution < -0.4 is 4.90 Å². The van der Waals surface area contributed by atoms with Gasteiger partial charge in [0.05, 0.1) is 0 Å². The number of hydrogen-bond donors (Lipinski definition) is 0. The van der Waals surface area contributed by atoms with Gasteiger partial charge >= 0.3 is 0 Å². The molecule has 0 heterocycles. The summed E-state index contributed by atoms with van der Waals surface area (Å²) in [5.41, 5.74) is 2.32. The van der Waals surface area contributed by atoms with Crippen molar-refractivity contribution in [2.75, 3.05) is 4.90 Å². The van der Waals surface area contributed by atoms with Crippen LogP contribution in [-0.4, -0.2) is 11.9 Å². The number of benzene rings is 2. The summed E-state index contributed by atoms with van der Waals surface area (Å²) in [5.74, 6) is 0.854. The molecule has 2 heteroatoms. The van der Waals surface area contributed by atoms with E-state index in [1.54, 1.807) is 0 Å². The second kappa shape index (κ2) is 9.02. The van der Waals surface area contributed by atoms with E-state index in [0.29, 0.717) is 17.9 Å². The Hall–Kier alpha value is -2.09. The number of carbonyl (C=O) groups excluding carboxylic acids is 1. The maximum atomic E-state index is 13.7. The molecule has 1 aliphatic carbocycles. The average molecular weight is 350 g/mol. The van der Waals surface area contributed by atoms with Gasteiger partial charge in [-0.05, 0) is 49.3 Å². The van der Waals surface area contributed by atoms with Crippen molar-refractivity contribution in [1.82, 2.24) is 0 Å². The van der Waals surface area contributed by atoms with Crippen molar-refractivity contribution < 1.29 is 4.79 Å². The van der Waals surface area contributed by atoms with Gasteiger partial charge in [-0.3, -0.25) is 4.79 Å². The van der Waals surface area contributed by atoms with E-state index < -0.39 is 0 Å². The van der Waals surface area contributed by atoms with Crippen molar-refractivity contribution in [1.29, 1.82) is 0 Å². The standard InChI is InChI=1S/C24H31NO/c1-19(2)17-21(18-20-11-5-3-6-12-20)24(26)25(23-15-9-10-16-23)22-13-7-4-8-14-22/h3-8,11-14,19,21,23H,9-10,15-18H2,1-2H3. The zero-order chi connectivity index (χ0) is 18.4. The Morgan fingerprint density at radius 1 is 0.962 bits per heavy atom. The lowest BCUT2D eigenvalue weighted by molar-refractivity contribution is -0.123. The molecule has 1 unspecified atom stereocenters. The van der Waals surface area contributed by atoms with Crippen molar-refractivity contribution in [2.45, 2.75) is 58.4 Å². The summed E-state index contributed by atoms with van der Waals surface area (Å²) in [6.07, 6.45) is 6.47. The Morgan fingerprint density at radius 3 is 2.12 bits per heavy atom. The Labute approximate surface area is 158 Å². The zero-order valence-electron chi connectivity index (χ0n) is 16.1. The van der Waals surface area contributed by atoms with E-state index in [1.807, 2.05) is 24.3 Å². The summed E-state index contributed by atoms with van der Waals surface area (Å²) in [7, 11) is 0. The molecule has 0 aromatic heterocycles. The molecular weight excluding hydrogens is 318 g/mol. The van der Waals surface area contributed by atoms with Crippen molar-refractivity contribution in [3.05, 3.63) is 66.2 Å². The molecule has 1 fully saturated rings. The first-order chi connectivity index (χ1) is 12.6. The van der Waals surface area contributed by atoms with Crippen molar-refractivity contribution >= 4 is 11.6 Å². The van der Waals surface area contributed by atoms with Crippen LogP contribution in [0.2, 0.25) is 0 Å². The first kappa shape index (κ1) is 18.7. The van der Waals surface area contributed by atoms with Crippen LogP contribution in [0.5, 0.6) is 0 Å². The van der Waals surface area contributed by atoms with Crippen LogP contribution >= 0.6 is 0 Å². The first-order valence-electron chi connectivity index (χ1n) is 10.1. The van der Waals surface area contributed by atoms with E-state index in [1.165, 1.54) is 18.4 Å². The third-order valence-corrected chi connectivity index (χ3v) is 5.39. The SMILES string of the molecule is CC(C)CC(Cc1ccccc1)C(=O)N(c1ccccc1)C1CCCC1. The minimum absolute atomic E-state index is 0.0400. The van der Waals surface area contributed by atoms with Crippen molar-refractivity contribution in [3.63, 3.8) is 0 Å². The molecular formula is C24H31NO. The number of rotatable bonds is 7. The first-order valence-corrected chi connectivity index (χ1v) is 10.1. The van der Waals surface area contributed by atoms with Gasteiger partial charge in [0.2, 0.25) is 5.91 Å². The Balaban J connectivity index is 1.87. The summed E-state index contributed by atoms with van der Waals surface area (Å²) in [4.78, 5) is 15.8. The van der Waals surface area contributed by atoms with E-state index in [9.17, 15) is 4.79 Å². The fourth-order valence-electron chi connectivity index (χ4n) is 4.20. The zero-order valence-corrected chi connectivity index (χ0v) is 16.1. The molecule has 2 aromatic rings. The topological polar surface area (TPSA) is 20.3 Å². The van der Waals surface area contributed by atoms with Gasteiger partial charge in [0.25, 0.3) is 0 Å². The lowest BCUT2D eigenvalue weighted by Crippen LogP contribution is -2.43. The van der Waals surface area contributed by atoms with E-state index in [-0.39, 0.29) is 5.92 Å². The van der Waals surface area contributed by atoms with Gasteiger partial charge in [0.15, 0.2) is 0 Å². The molecule has 0 N–H and O–H groups in total. The lowest BCUT2D eigenvalue weighted by atomic mass is 9.89. The molecule has 0 aliphatic heterocycles. The fraction of sp³-hybridized carbons (Fsp3) is 0.458. The number of para-hydroxylation sites is 1. The number of nitrogens with zero attached hydrogens (tertiary/aromatic N) is 1. The fourth-order valence-corrected chi connectivity index (χ4v) is 4.20. The highest BCUT2D eigenvalue weighted by Gasteiger charge is 2.32. The van der Waals surface area contributed by atoms with Crippen LogP contribution in [-0.2, 0) is 11.2 Å². The van der Waals surface area contributed by atoms with Gasteiger partial charge in [-0.2, -0.15) is 0 Å². The number of anilines is 1. The molecule has 0 saturated heterocycles. The van der Waals surface area contributed by atoms with Gasteiger partial charge in [0.1, 0.15) is 0 Å². The van der Waals surface area contributed by atoms with Gasteiger partial charge in [0, 0.05) is 17.6 Å². The molecule has 2 nitrogen and oxygen atoms in total. The Kier molecular flexibility index (Phi) is 6.49. The maximum absolute atomic E-state index is 13.7. The predicted molar refractivity (Wildman–Crippen MR) is 109 cm³/mol. The van der Waals surface area contributed by atoms with Crippen LogP contribution in [0.1, 0.15) is 51.5 Å². The van der Waals surface area contributed by atoms with Crippen LogP contribution in [0.25, 0.3) is 0 Å². The molecule has 138 valence electrons. The molecule has 1 atom stereocenters. The van der Waals surface area contributed by atoms with E-state index in [0.717, 1.165) is 31.4 Å². The normalized spacial score (nSPS) is 16.0. The molecule has 1 aliphatic rings. The van der Waals surface area contributed by atoms with Gasteiger partial charge in [-0.25, -0.2) is 0 Å². The third kappa shape index (κ3) is 4.75. The molecule has 26 heavy (non-hydrogen) atoms. The summed E-state index contributed by atoms with van der Waals surface area (Å²) >= 11 is 0. The molecule has 0 spiro atoms. The summed E-state index contributed by atoms with van der Waals surface area (Å²) in [6.45, 7) is 4.43. The number of hydrogen-bond acceptors (Lipinski definition) is 1. The molecule has 0 bridgehead atoms. The molecule has 1 saturated carbocycles. The van der Waals surface area contributed by atoms with Gasteiger partial charge in [-0.1, -0.05) is 75.2 Å². The van der Waals surface area contributed by atoms with Gasteiger partial charge in [-0.15, -0.1) is 0 Å². The molecule has 0 radical (unpaired) electrons. The van der Waals surface area contributed by atoms with E-state index >= 15 is 0 Å². The highest BCUT2D eigenvalue weighted by atomic mass is 16.2. The highest BCUT2D eigenvalue weighted by molar-refractivity contribution is 5.95. The van der Waals surface area contributed by atoms with E-state index in [4.69, 9.17) is 0 Å². The van der Waals surface area contributed by atoms with Crippen molar-refractivity contribution in [2.24, 2.45) is 11.8 Å². The lowest BCUT2D eigenvalue weighted by Gasteiger charge is -2.33. The molecule has 1 amide bonds. The van der Waals surface area contributed by atoms with Crippen LogP contribution in [0.3, 0.4) is 0 Å². The Bertz CT molecular complexity index is 674. The Morgan fingerprint density at radius 2 is 1.54 bits per heavy atom. The summed E-state index contributed by atoms with van der Waals surface area (Å²) in [6, 6.07) is 21.1. The summed E-state index contributed by atoms with van der Waals surface area (Å²) < 4.78 is 0. The maximum Gasteiger partial charge on any atom is 0.230 e. The monoisotopic (exact) mass is 349 g/mol. The molecule has 2 aromatic carbocycles. The minimum Gasteiger partial charge on any atom is -0.309 e. The second-order valence-corrected chi connectivity index (χ2v) is 8.00. The smallest absolute Gasteiger partial charge is 0.230 e. The third-order valence-electron chi connectivity index (χ3n) is 5.39.